The molecule has 21 heavy (non-hydrogen) atoms. The summed E-state index contributed by atoms with van der Waals surface area (Å²) in [4.78, 5) is 27.7. The molecule has 0 spiro atoms. The van der Waals surface area contributed by atoms with Crippen molar-refractivity contribution in [2.75, 3.05) is 24.1 Å². The molecule has 114 valence electrons. The van der Waals surface area contributed by atoms with E-state index in [-0.39, 0.29) is 5.91 Å². The van der Waals surface area contributed by atoms with E-state index in [1.807, 2.05) is 13.8 Å². The van der Waals surface area contributed by atoms with Crippen LogP contribution in [0.5, 0.6) is 0 Å². The van der Waals surface area contributed by atoms with Crippen LogP contribution in [0.4, 0.5) is 11.4 Å². The molecule has 1 aromatic carbocycles. The number of aromatic nitrogens is 1. The molecule has 0 bridgehead atoms. The van der Waals surface area contributed by atoms with Gasteiger partial charge in [-0.2, -0.15) is 0 Å². The van der Waals surface area contributed by atoms with Crippen molar-refractivity contribution >= 4 is 28.4 Å². The number of H-pyrrole nitrogens is 1. The van der Waals surface area contributed by atoms with Crippen LogP contribution in [0.25, 0.3) is 11.1 Å². The van der Waals surface area contributed by atoms with Crippen molar-refractivity contribution in [1.29, 1.82) is 0 Å². The van der Waals surface area contributed by atoms with E-state index in [1.165, 1.54) is 0 Å². The highest BCUT2D eigenvalue weighted by atomic mass is 16.4. The topological polar surface area (TPSA) is 104 Å². The zero-order valence-electron chi connectivity index (χ0n) is 12.4. The second-order valence-electron chi connectivity index (χ2n) is 4.83. The van der Waals surface area contributed by atoms with Crippen LogP contribution in [0.2, 0.25) is 0 Å². The third-order valence-corrected chi connectivity index (χ3v) is 3.41. The zero-order valence-corrected chi connectivity index (χ0v) is 12.4. The molecule has 1 unspecified atom stereocenters. The minimum atomic E-state index is -0.534. The molecule has 1 amide bonds. The summed E-state index contributed by atoms with van der Waals surface area (Å²) in [5.74, 6) is -0.533. The van der Waals surface area contributed by atoms with Crippen molar-refractivity contribution in [2.45, 2.75) is 26.8 Å². The lowest BCUT2D eigenvalue weighted by atomic mass is 10.2. The zero-order chi connectivity index (χ0) is 15.6. The molecule has 7 heteroatoms. The molecular weight excluding hydrogens is 272 g/mol. The quantitative estimate of drug-likeness (QED) is 0.722. The predicted octanol–water partition coefficient (Wildman–Crippen LogP) is 1.37. The number of aromatic amines is 1. The van der Waals surface area contributed by atoms with Gasteiger partial charge >= 0.3 is 5.76 Å². The van der Waals surface area contributed by atoms with E-state index in [9.17, 15) is 9.59 Å². The number of benzene rings is 1. The molecule has 0 saturated carbocycles. The average molecular weight is 292 g/mol. The Labute approximate surface area is 122 Å². The van der Waals surface area contributed by atoms with Gasteiger partial charge in [0.2, 0.25) is 5.91 Å². The van der Waals surface area contributed by atoms with Crippen molar-refractivity contribution in [3.8, 4) is 0 Å². The second-order valence-corrected chi connectivity index (χ2v) is 4.83. The number of carbonyl (C=O) groups is 1. The Morgan fingerprint density at radius 2 is 2.10 bits per heavy atom. The lowest BCUT2D eigenvalue weighted by Crippen LogP contribution is -2.41. The van der Waals surface area contributed by atoms with E-state index in [0.717, 1.165) is 0 Å². The Morgan fingerprint density at radius 1 is 1.43 bits per heavy atom. The fourth-order valence-electron chi connectivity index (χ4n) is 2.24. The molecule has 0 aliphatic heterocycles. The Balaban J connectivity index is 2.24. The summed E-state index contributed by atoms with van der Waals surface area (Å²) in [6, 6.07) is 2.81. The molecule has 4 N–H and O–H groups in total. The first-order chi connectivity index (χ1) is 9.96. The van der Waals surface area contributed by atoms with E-state index in [2.05, 4.69) is 10.3 Å². The highest BCUT2D eigenvalue weighted by Gasteiger charge is 2.19. The first-order valence-corrected chi connectivity index (χ1v) is 6.93. The van der Waals surface area contributed by atoms with E-state index in [4.69, 9.17) is 10.2 Å². The van der Waals surface area contributed by atoms with Gasteiger partial charge in [0.15, 0.2) is 5.58 Å². The number of nitrogens with two attached hydrogens (primary N) is 1. The standard InChI is InChI=1S/C14H20N4O3/c1-4-18(5-2)13(19)8(3)16-10-7-11-12(6-9(10)15)21-14(20)17-11/h6-8,16H,4-5,15H2,1-3H3,(H,17,20). The van der Waals surface area contributed by atoms with Gasteiger partial charge in [0.1, 0.15) is 6.04 Å². The van der Waals surface area contributed by atoms with Crippen LogP contribution in [-0.2, 0) is 4.79 Å². The molecule has 0 saturated heterocycles. The number of hydrogen-bond donors (Lipinski definition) is 3. The summed E-state index contributed by atoms with van der Waals surface area (Å²) < 4.78 is 4.94. The molecule has 1 aromatic heterocycles. The lowest BCUT2D eigenvalue weighted by molar-refractivity contribution is -0.131. The van der Waals surface area contributed by atoms with Crippen LogP contribution in [0.3, 0.4) is 0 Å². The molecule has 2 rings (SSSR count). The van der Waals surface area contributed by atoms with Crippen molar-refractivity contribution in [3.05, 3.63) is 22.7 Å². The number of likely N-dealkylation sites (N-methyl/N-ethyl adjacent to an activating group) is 1. The third-order valence-electron chi connectivity index (χ3n) is 3.41. The Kier molecular flexibility index (Phi) is 4.21. The fourth-order valence-corrected chi connectivity index (χ4v) is 2.24. The van der Waals surface area contributed by atoms with E-state index in [0.29, 0.717) is 35.6 Å². The normalized spacial score (nSPS) is 12.3. The summed E-state index contributed by atoms with van der Waals surface area (Å²) in [5.41, 5.74) is 7.87. The van der Waals surface area contributed by atoms with Crippen LogP contribution in [0.15, 0.2) is 21.3 Å². The number of nitrogen functional groups attached to an aromatic ring is 1. The third kappa shape index (κ3) is 3.01. The van der Waals surface area contributed by atoms with Gasteiger partial charge < -0.3 is 20.4 Å². The molecule has 0 fully saturated rings. The van der Waals surface area contributed by atoms with Gasteiger partial charge in [-0.05, 0) is 26.8 Å². The van der Waals surface area contributed by atoms with E-state index in [1.54, 1.807) is 24.0 Å². The lowest BCUT2D eigenvalue weighted by Gasteiger charge is -2.24. The van der Waals surface area contributed by atoms with E-state index >= 15 is 0 Å². The number of oxazole rings is 1. The summed E-state index contributed by atoms with van der Waals surface area (Å²) >= 11 is 0. The number of amides is 1. The minimum Gasteiger partial charge on any atom is -0.408 e. The first-order valence-electron chi connectivity index (χ1n) is 6.93. The van der Waals surface area contributed by atoms with Gasteiger partial charge in [-0.15, -0.1) is 0 Å². The van der Waals surface area contributed by atoms with Gasteiger partial charge in [0.25, 0.3) is 0 Å². The summed E-state index contributed by atoms with van der Waals surface area (Å²) in [6.07, 6.45) is 0. The Bertz CT molecular complexity index is 700. The number of fused-ring (bicyclic) bond motifs is 1. The number of anilines is 2. The first kappa shape index (κ1) is 15.0. The maximum Gasteiger partial charge on any atom is 0.417 e. The maximum atomic E-state index is 12.2. The fraction of sp³-hybridized carbons (Fsp3) is 0.429. The molecule has 1 heterocycles. The van der Waals surface area contributed by atoms with Crippen LogP contribution < -0.4 is 16.8 Å². The smallest absolute Gasteiger partial charge is 0.408 e. The summed E-state index contributed by atoms with van der Waals surface area (Å²) in [6.45, 7) is 6.97. The number of nitrogens with zero attached hydrogens (tertiary/aromatic N) is 1. The van der Waals surface area contributed by atoms with Gasteiger partial charge in [-0.1, -0.05) is 0 Å². The summed E-state index contributed by atoms with van der Waals surface area (Å²) in [5, 5.41) is 3.08. The maximum absolute atomic E-state index is 12.2. The van der Waals surface area contributed by atoms with Gasteiger partial charge in [0.05, 0.1) is 16.9 Å². The number of hydrogen-bond acceptors (Lipinski definition) is 5. The number of carbonyl (C=O) groups excluding carboxylic acids is 1. The van der Waals surface area contributed by atoms with Crippen LogP contribution in [0.1, 0.15) is 20.8 Å². The van der Waals surface area contributed by atoms with Crippen molar-refractivity contribution in [2.24, 2.45) is 0 Å². The molecule has 0 aliphatic rings. The van der Waals surface area contributed by atoms with E-state index < -0.39 is 11.8 Å². The molecule has 0 radical (unpaired) electrons. The van der Waals surface area contributed by atoms with Crippen molar-refractivity contribution in [1.82, 2.24) is 9.88 Å². The number of nitrogens with one attached hydrogen (secondary N) is 2. The van der Waals surface area contributed by atoms with Crippen molar-refractivity contribution in [3.63, 3.8) is 0 Å². The minimum absolute atomic E-state index is 0.000170. The average Bonchev–Trinajstić information content (AvgIpc) is 2.79. The monoisotopic (exact) mass is 292 g/mol. The van der Waals surface area contributed by atoms with Crippen molar-refractivity contribution < 1.29 is 9.21 Å². The molecule has 1 atom stereocenters. The second kappa shape index (κ2) is 5.90. The Morgan fingerprint density at radius 3 is 2.71 bits per heavy atom. The number of rotatable bonds is 5. The van der Waals surface area contributed by atoms with Gasteiger partial charge in [0, 0.05) is 19.2 Å². The molecular formula is C14H20N4O3. The predicted molar refractivity (Wildman–Crippen MR) is 82.3 cm³/mol. The Hall–Kier alpha value is -2.44. The largest absolute Gasteiger partial charge is 0.417 e. The molecule has 0 aliphatic carbocycles. The molecule has 7 nitrogen and oxygen atoms in total. The van der Waals surface area contributed by atoms with Gasteiger partial charge in [-0.3, -0.25) is 9.78 Å². The summed E-state index contributed by atoms with van der Waals surface area (Å²) in [7, 11) is 0. The van der Waals surface area contributed by atoms with Crippen LogP contribution in [-0.4, -0.2) is 34.9 Å². The molecule has 2 aromatic rings. The SMILES string of the molecule is CCN(CC)C(=O)C(C)Nc1cc2[nH]c(=O)oc2cc1N. The van der Waals surface area contributed by atoms with Crippen LogP contribution in [0, 0.1) is 0 Å². The van der Waals surface area contributed by atoms with Crippen LogP contribution >= 0.6 is 0 Å². The highest BCUT2D eigenvalue weighted by Crippen LogP contribution is 2.25. The highest BCUT2D eigenvalue weighted by molar-refractivity contribution is 5.89. The van der Waals surface area contributed by atoms with Gasteiger partial charge in [-0.25, -0.2) is 4.79 Å².